The third kappa shape index (κ3) is 3.26. The molecule has 1 aliphatic heterocycles. The van der Waals surface area contributed by atoms with Gasteiger partial charge in [-0.3, -0.25) is 10.1 Å². The second kappa shape index (κ2) is 6.87. The zero-order valence-corrected chi connectivity index (χ0v) is 14.4. The molecule has 25 heavy (non-hydrogen) atoms. The van der Waals surface area contributed by atoms with Crippen LogP contribution in [0, 0.1) is 16.0 Å². The molecule has 2 aromatic rings. The summed E-state index contributed by atoms with van der Waals surface area (Å²) in [6, 6.07) is 16.6. The fourth-order valence-electron chi connectivity index (χ4n) is 4.61. The Hall–Kier alpha value is -2.36. The first-order chi connectivity index (χ1) is 12.2. The average Bonchev–Trinajstić information content (AvgIpc) is 2.65. The first-order valence-electron chi connectivity index (χ1n) is 9.30. The van der Waals surface area contributed by atoms with E-state index in [0.717, 1.165) is 24.9 Å². The van der Waals surface area contributed by atoms with E-state index in [4.69, 9.17) is 0 Å². The Morgan fingerprint density at radius 2 is 1.88 bits per heavy atom. The van der Waals surface area contributed by atoms with Crippen molar-refractivity contribution in [2.75, 3.05) is 11.4 Å². The smallest absolute Gasteiger partial charge is 0.269 e. The molecule has 0 amide bonds. The molecular formula is C21H24N2O2. The van der Waals surface area contributed by atoms with Gasteiger partial charge in [0.1, 0.15) is 0 Å². The van der Waals surface area contributed by atoms with Gasteiger partial charge in [0.2, 0.25) is 0 Å². The van der Waals surface area contributed by atoms with E-state index >= 15 is 0 Å². The van der Waals surface area contributed by atoms with Gasteiger partial charge in [-0.15, -0.1) is 0 Å². The van der Waals surface area contributed by atoms with Crippen LogP contribution >= 0.6 is 0 Å². The van der Waals surface area contributed by atoms with Crippen LogP contribution in [0.1, 0.15) is 36.8 Å². The molecular weight excluding hydrogens is 312 g/mol. The minimum atomic E-state index is -0.276. The lowest BCUT2D eigenvalue weighted by Crippen LogP contribution is -2.47. The van der Waals surface area contributed by atoms with Crippen LogP contribution in [0.3, 0.4) is 0 Å². The third-order valence-corrected chi connectivity index (χ3v) is 5.82. The minimum absolute atomic E-state index is 0.219. The van der Waals surface area contributed by atoms with E-state index in [1.165, 1.54) is 36.9 Å². The Balaban J connectivity index is 1.64. The van der Waals surface area contributed by atoms with Crippen LogP contribution < -0.4 is 4.90 Å². The molecule has 0 saturated heterocycles. The number of nitrogens with zero attached hydrogens (tertiary/aromatic N) is 2. The van der Waals surface area contributed by atoms with E-state index in [1.807, 2.05) is 6.07 Å². The highest BCUT2D eigenvalue weighted by molar-refractivity contribution is 5.61. The van der Waals surface area contributed by atoms with Gasteiger partial charge < -0.3 is 4.90 Å². The molecule has 4 heteroatoms. The van der Waals surface area contributed by atoms with Crippen molar-refractivity contribution in [3.05, 3.63) is 69.8 Å². The summed E-state index contributed by atoms with van der Waals surface area (Å²) in [5.41, 5.74) is 3.94. The summed E-state index contributed by atoms with van der Waals surface area (Å²) in [6.45, 7) is 0.982. The lowest BCUT2D eigenvalue weighted by Gasteiger charge is -2.46. The number of nitro groups is 1. The van der Waals surface area contributed by atoms with Crippen LogP contribution in [0.25, 0.3) is 0 Å². The summed E-state index contributed by atoms with van der Waals surface area (Å²) in [7, 11) is 0. The van der Waals surface area contributed by atoms with Gasteiger partial charge in [0.05, 0.1) is 4.92 Å². The van der Waals surface area contributed by atoms with Crippen LogP contribution in [-0.4, -0.2) is 17.5 Å². The number of benzene rings is 2. The molecule has 1 fully saturated rings. The molecule has 0 unspecified atom stereocenters. The highest BCUT2D eigenvalue weighted by atomic mass is 16.6. The SMILES string of the molecule is O=[N+]([O-])c1ccc2c(c1)C[C@H]1CCCC[C@H]1N2CCc1ccccc1. The summed E-state index contributed by atoms with van der Waals surface area (Å²) in [5.74, 6) is 0.638. The van der Waals surface area contributed by atoms with E-state index in [0.29, 0.717) is 12.0 Å². The van der Waals surface area contributed by atoms with Crippen molar-refractivity contribution in [1.29, 1.82) is 0 Å². The van der Waals surface area contributed by atoms with Crippen LogP contribution in [-0.2, 0) is 12.8 Å². The van der Waals surface area contributed by atoms with Crippen molar-refractivity contribution in [3.8, 4) is 0 Å². The molecule has 4 nitrogen and oxygen atoms in total. The summed E-state index contributed by atoms with van der Waals surface area (Å²) >= 11 is 0. The molecule has 130 valence electrons. The van der Waals surface area contributed by atoms with Crippen molar-refractivity contribution < 1.29 is 4.92 Å². The molecule has 1 heterocycles. The van der Waals surface area contributed by atoms with E-state index in [9.17, 15) is 10.1 Å². The Morgan fingerprint density at radius 3 is 2.68 bits per heavy atom. The molecule has 1 aliphatic carbocycles. The first-order valence-corrected chi connectivity index (χ1v) is 9.30. The van der Waals surface area contributed by atoms with Crippen LogP contribution in [0.15, 0.2) is 48.5 Å². The molecule has 2 atom stereocenters. The number of anilines is 1. The second-order valence-electron chi connectivity index (χ2n) is 7.32. The number of hydrogen-bond donors (Lipinski definition) is 0. The Morgan fingerprint density at radius 1 is 1.08 bits per heavy atom. The van der Waals surface area contributed by atoms with Gasteiger partial charge in [0.15, 0.2) is 0 Å². The summed E-state index contributed by atoms with van der Waals surface area (Å²) in [4.78, 5) is 13.4. The number of non-ortho nitro benzene ring substituents is 1. The molecule has 4 rings (SSSR count). The van der Waals surface area contributed by atoms with Crippen molar-refractivity contribution in [1.82, 2.24) is 0 Å². The minimum Gasteiger partial charge on any atom is -0.368 e. The quantitative estimate of drug-likeness (QED) is 0.597. The molecule has 0 N–H and O–H groups in total. The number of hydrogen-bond acceptors (Lipinski definition) is 3. The van der Waals surface area contributed by atoms with E-state index in [-0.39, 0.29) is 10.6 Å². The van der Waals surface area contributed by atoms with Gasteiger partial charge in [0.25, 0.3) is 5.69 Å². The van der Waals surface area contributed by atoms with Crippen molar-refractivity contribution >= 4 is 11.4 Å². The van der Waals surface area contributed by atoms with E-state index in [1.54, 1.807) is 12.1 Å². The fourth-order valence-corrected chi connectivity index (χ4v) is 4.61. The zero-order valence-electron chi connectivity index (χ0n) is 14.4. The maximum absolute atomic E-state index is 11.2. The van der Waals surface area contributed by atoms with Gasteiger partial charge in [-0.25, -0.2) is 0 Å². The normalized spacial score (nSPS) is 22.2. The molecule has 0 aromatic heterocycles. The van der Waals surface area contributed by atoms with Crippen molar-refractivity contribution in [3.63, 3.8) is 0 Å². The van der Waals surface area contributed by atoms with Gasteiger partial charge in [-0.2, -0.15) is 0 Å². The second-order valence-corrected chi connectivity index (χ2v) is 7.32. The molecule has 2 aliphatic rings. The Labute approximate surface area is 148 Å². The number of nitro benzene ring substituents is 1. The summed E-state index contributed by atoms with van der Waals surface area (Å²) in [6.07, 6.45) is 7.08. The topological polar surface area (TPSA) is 46.4 Å². The highest BCUT2D eigenvalue weighted by Gasteiger charge is 2.36. The molecule has 0 radical (unpaired) electrons. The Bertz CT molecular complexity index is 760. The van der Waals surface area contributed by atoms with Gasteiger partial charge in [0, 0.05) is 30.4 Å². The summed E-state index contributed by atoms with van der Waals surface area (Å²) < 4.78 is 0. The first kappa shape index (κ1) is 16.1. The van der Waals surface area contributed by atoms with Gasteiger partial charge in [-0.05, 0) is 48.8 Å². The monoisotopic (exact) mass is 336 g/mol. The highest BCUT2D eigenvalue weighted by Crippen LogP contribution is 2.41. The van der Waals surface area contributed by atoms with Gasteiger partial charge in [-0.1, -0.05) is 43.2 Å². The fraction of sp³-hybridized carbons (Fsp3) is 0.429. The van der Waals surface area contributed by atoms with Crippen LogP contribution in [0.5, 0.6) is 0 Å². The van der Waals surface area contributed by atoms with E-state index in [2.05, 4.69) is 35.2 Å². The van der Waals surface area contributed by atoms with Crippen LogP contribution in [0.4, 0.5) is 11.4 Å². The average molecular weight is 336 g/mol. The molecule has 1 saturated carbocycles. The predicted octanol–water partition coefficient (Wildman–Crippen LogP) is 4.76. The number of rotatable bonds is 4. The standard InChI is InChI=1S/C21H24N2O2/c24-23(25)19-10-11-21-18(15-19)14-17-8-4-5-9-20(17)22(21)13-12-16-6-2-1-3-7-16/h1-3,6-7,10-11,15,17,20H,4-5,8-9,12-14H2/t17-,20-/m1/s1. The Kier molecular flexibility index (Phi) is 4.43. The zero-order chi connectivity index (χ0) is 17.2. The maximum atomic E-state index is 11.2. The largest absolute Gasteiger partial charge is 0.368 e. The number of fused-ring (bicyclic) bond motifs is 2. The van der Waals surface area contributed by atoms with Gasteiger partial charge >= 0.3 is 0 Å². The lowest BCUT2D eigenvalue weighted by atomic mass is 9.76. The summed E-state index contributed by atoms with van der Waals surface area (Å²) in [5, 5.41) is 11.2. The molecule has 0 bridgehead atoms. The third-order valence-electron chi connectivity index (χ3n) is 5.82. The van der Waals surface area contributed by atoms with Crippen molar-refractivity contribution in [2.24, 2.45) is 5.92 Å². The molecule has 2 aromatic carbocycles. The van der Waals surface area contributed by atoms with Crippen LogP contribution in [0.2, 0.25) is 0 Å². The molecule has 0 spiro atoms. The maximum Gasteiger partial charge on any atom is 0.269 e. The lowest BCUT2D eigenvalue weighted by molar-refractivity contribution is -0.384. The predicted molar refractivity (Wildman–Crippen MR) is 100 cm³/mol. The van der Waals surface area contributed by atoms with E-state index < -0.39 is 0 Å². The van der Waals surface area contributed by atoms with Crippen molar-refractivity contribution in [2.45, 2.75) is 44.6 Å².